The first-order valence-electron chi connectivity index (χ1n) is 9.94. The molecular weight excluding hydrogens is 426 g/mol. The molecule has 3 aromatic heterocycles. The molecule has 5 aromatic rings. The number of pyridine rings is 1. The molecular formula is C24H18ClN5O2. The third-order valence-electron chi connectivity index (χ3n) is 4.98. The monoisotopic (exact) mass is 443 g/mol. The second-order valence-corrected chi connectivity index (χ2v) is 7.81. The Morgan fingerprint density at radius 2 is 1.88 bits per heavy atom. The largest absolute Gasteiger partial charge is 0.457 e. The van der Waals surface area contributed by atoms with E-state index >= 15 is 0 Å². The van der Waals surface area contributed by atoms with E-state index in [2.05, 4.69) is 20.1 Å². The lowest BCUT2D eigenvalue weighted by Crippen LogP contribution is -2.12. The number of fused-ring (bicyclic) bond motifs is 1. The van der Waals surface area contributed by atoms with Crippen molar-refractivity contribution < 1.29 is 4.74 Å². The minimum Gasteiger partial charge on any atom is -0.457 e. The number of H-pyrrole nitrogens is 1. The second kappa shape index (κ2) is 8.28. The van der Waals surface area contributed by atoms with Crippen LogP contribution in [0.15, 0.2) is 78.0 Å². The van der Waals surface area contributed by atoms with E-state index in [1.54, 1.807) is 41.3 Å². The Morgan fingerprint density at radius 1 is 1.06 bits per heavy atom. The summed E-state index contributed by atoms with van der Waals surface area (Å²) in [6.07, 6.45) is 5.81. The smallest absolute Gasteiger partial charge is 0.258 e. The number of rotatable bonds is 5. The molecule has 0 aliphatic carbocycles. The number of benzene rings is 2. The highest BCUT2D eigenvalue weighted by molar-refractivity contribution is 6.30. The summed E-state index contributed by atoms with van der Waals surface area (Å²) in [7, 11) is 1.85. The lowest BCUT2D eigenvalue weighted by Gasteiger charge is -2.08. The van der Waals surface area contributed by atoms with Gasteiger partial charge in [0.25, 0.3) is 5.56 Å². The summed E-state index contributed by atoms with van der Waals surface area (Å²) in [6.45, 7) is 0. The second-order valence-electron chi connectivity index (χ2n) is 7.38. The third kappa shape index (κ3) is 4.24. The van der Waals surface area contributed by atoms with Crippen molar-refractivity contribution >= 4 is 22.5 Å². The molecule has 3 heterocycles. The Balaban J connectivity index is 1.41. The van der Waals surface area contributed by atoms with E-state index < -0.39 is 0 Å². The van der Waals surface area contributed by atoms with Crippen molar-refractivity contribution in [2.75, 3.05) is 0 Å². The SMILES string of the molecule is Cn1cc(-c2cc(Oc3ccc4nc(Cc5ccc(Cl)cc5)[nH]c(=O)c4c3)ccn2)cn1. The van der Waals surface area contributed by atoms with E-state index in [9.17, 15) is 4.79 Å². The number of nitrogens with one attached hydrogen (secondary N) is 1. The number of nitrogens with zero attached hydrogens (tertiary/aromatic N) is 4. The zero-order valence-corrected chi connectivity index (χ0v) is 17.9. The lowest BCUT2D eigenvalue weighted by atomic mass is 10.1. The summed E-state index contributed by atoms with van der Waals surface area (Å²) >= 11 is 5.94. The van der Waals surface area contributed by atoms with Crippen LogP contribution in [0.1, 0.15) is 11.4 Å². The Hall–Kier alpha value is -3.97. The van der Waals surface area contributed by atoms with Crippen molar-refractivity contribution in [1.82, 2.24) is 24.7 Å². The number of aromatic amines is 1. The van der Waals surface area contributed by atoms with Crippen LogP contribution in [-0.2, 0) is 13.5 Å². The van der Waals surface area contributed by atoms with Crippen LogP contribution in [0.5, 0.6) is 11.5 Å². The van der Waals surface area contributed by atoms with E-state index in [-0.39, 0.29) is 5.56 Å². The molecule has 0 aliphatic rings. The maximum Gasteiger partial charge on any atom is 0.258 e. The molecule has 0 saturated heterocycles. The first kappa shape index (κ1) is 20.0. The molecule has 158 valence electrons. The highest BCUT2D eigenvalue weighted by atomic mass is 35.5. The number of halogens is 1. The van der Waals surface area contributed by atoms with Gasteiger partial charge in [-0.25, -0.2) is 4.98 Å². The fourth-order valence-corrected chi connectivity index (χ4v) is 3.56. The van der Waals surface area contributed by atoms with Gasteiger partial charge in [0.15, 0.2) is 0 Å². The normalized spacial score (nSPS) is 11.1. The van der Waals surface area contributed by atoms with Gasteiger partial charge in [-0.2, -0.15) is 5.10 Å². The molecule has 1 N–H and O–H groups in total. The van der Waals surface area contributed by atoms with E-state index in [1.807, 2.05) is 43.6 Å². The molecule has 0 fully saturated rings. The minimum absolute atomic E-state index is 0.213. The summed E-state index contributed by atoms with van der Waals surface area (Å²) in [5, 5.41) is 5.30. The standard InChI is InChI=1S/C24H18ClN5O2/c1-30-14-16(13-27-30)22-12-19(8-9-26-22)32-18-6-7-21-20(11-18)24(31)29-23(28-21)10-15-2-4-17(25)5-3-15/h2-9,11-14H,10H2,1H3,(H,28,29,31). The number of aryl methyl sites for hydroxylation is 1. The number of aromatic nitrogens is 5. The molecule has 2 aromatic carbocycles. The topological polar surface area (TPSA) is 85.7 Å². The van der Waals surface area contributed by atoms with Gasteiger partial charge in [-0.1, -0.05) is 23.7 Å². The van der Waals surface area contributed by atoms with E-state index in [0.717, 1.165) is 16.8 Å². The van der Waals surface area contributed by atoms with Crippen molar-refractivity contribution in [3.8, 4) is 22.8 Å². The van der Waals surface area contributed by atoms with Crippen molar-refractivity contribution in [1.29, 1.82) is 0 Å². The van der Waals surface area contributed by atoms with E-state index in [0.29, 0.717) is 39.7 Å². The Bertz CT molecular complexity index is 1470. The molecule has 8 heteroatoms. The Labute approximate surface area is 188 Å². The maximum absolute atomic E-state index is 12.7. The Morgan fingerprint density at radius 3 is 2.66 bits per heavy atom. The van der Waals surface area contributed by atoms with Gasteiger partial charge < -0.3 is 9.72 Å². The molecule has 0 spiro atoms. The van der Waals surface area contributed by atoms with Crippen LogP contribution in [0.4, 0.5) is 0 Å². The predicted octanol–water partition coefficient (Wildman–Crippen LogP) is 4.76. The molecule has 0 bridgehead atoms. The van der Waals surface area contributed by atoms with Crippen LogP contribution in [0, 0.1) is 0 Å². The number of ether oxygens (including phenoxy) is 1. The molecule has 0 amide bonds. The van der Waals surface area contributed by atoms with Gasteiger partial charge in [0.1, 0.15) is 17.3 Å². The van der Waals surface area contributed by atoms with Crippen LogP contribution in [-0.4, -0.2) is 24.7 Å². The number of hydrogen-bond donors (Lipinski definition) is 1. The first-order chi connectivity index (χ1) is 15.5. The molecule has 0 aliphatic heterocycles. The van der Waals surface area contributed by atoms with Crippen molar-refractivity contribution in [3.63, 3.8) is 0 Å². The minimum atomic E-state index is -0.213. The van der Waals surface area contributed by atoms with Crippen LogP contribution < -0.4 is 10.3 Å². The van der Waals surface area contributed by atoms with Crippen molar-refractivity contribution in [3.05, 3.63) is 100.0 Å². The fourth-order valence-electron chi connectivity index (χ4n) is 3.43. The lowest BCUT2D eigenvalue weighted by molar-refractivity contribution is 0.483. The average Bonchev–Trinajstić information content (AvgIpc) is 3.22. The summed E-state index contributed by atoms with van der Waals surface area (Å²) in [5.74, 6) is 1.74. The molecule has 0 saturated carbocycles. The van der Waals surface area contributed by atoms with Gasteiger partial charge in [-0.05, 0) is 42.0 Å². The maximum atomic E-state index is 12.7. The van der Waals surface area contributed by atoms with Crippen LogP contribution in [0.2, 0.25) is 5.02 Å². The fraction of sp³-hybridized carbons (Fsp3) is 0.0833. The first-order valence-corrected chi connectivity index (χ1v) is 10.3. The van der Waals surface area contributed by atoms with Gasteiger partial charge in [-0.15, -0.1) is 0 Å². The quantitative estimate of drug-likeness (QED) is 0.423. The van der Waals surface area contributed by atoms with Gasteiger partial charge in [0, 0.05) is 42.5 Å². The van der Waals surface area contributed by atoms with E-state index in [1.165, 1.54) is 0 Å². The molecule has 5 rings (SSSR count). The Kier molecular flexibility index (Phi) is 5.17. The zero-order valence-electron chi connectivity index (χ0n) is 17.1. The van der Waals surface area contributed by atoms with Crippen molar-refractivity contribution in [2.24, 2.45) is 7.05 Å². The van der Waals surface area contributed by atoms with E-state index in [4.69, 9.17) is 16.3 Å². The summed E-state index contributed by atoms with van der Waals surface area (Å²) in [5.41, 5.74) is 3.05. The average molecular weight is 444 g/mol. The molecule has 32 heavy (non-hydrogen) atoms. The number of hydrogen-bond acceptors (Lipinski definition) is 5. The van der Waals surface area contributed by atoms with Gasteiger partial charge in [0.2, 0.25) is 0 Å². The third-order valence-corrected chi connectivity index (χ3v) is 5.23. The van der Waals surface area contributed by atoms with Crippen LogP contribution in [0.25, 0.3) is 22.2 Å². The predicted molar refractivity (Wildman–Crippen MR) is 123 cm³/mol. The van der Waals surface area contributed by atoms with Crippen LogP contribution >= 0.6 is 11.6 Å². The van der Waals surface area contributed by atoms with Gasteiger partial charge in [-0.3, -0.25) is 14.5 Å². The molecule has 0 radical (unpaired) electrons. The zero-order chi connectivity index (χ0) is 22.1. The highest BCUT2D eigenvalue weighted by Crippen LogP contribution is 2.27. The molecule has 0 atom stereocenters. The highest BCUT2D eigenvalue weighted by Gasteiger charge is 2.09. The molecule has 0 unspecified atom stereocenters. The van der Waals surface area contributed by atoms with Crippen molar-refractivity contribution in [2.45, 2.75) is 6.42 Å². The summed E-state index contributed by atoms with van der Waals surface area (Å²) in [4.78, 5) is 24.5. The summed E-state index contributed by atoms with van der Waals surface area (Å²) < 4.78 is 7.70. The molecule has 7 nitrogen and oxygen atoms in total. The van der Waals surface area contributed by atoms with Crippen LogP contribution in [0.3, 0.4) is 0 Å². The van der Waals surface area contributed by atoms with Gasteiger partial charge >= 0.3 is 0 Å². The summed E-state index contributed by atoms with van der Waals surface area (Å²) in [6, 6.07) is 16.3. The van der Waals surface area contributed by atoms with Gasteiger partial charge in [0.05, 0.1) is 22.8 Å².